The number of rotatable bonds is 5. The summed E-state index contributed by atoms with van der Waals surface area (Å²) in [5.41, 5.74) is 3.62. The van der Waals surface area contributed by atoms with Gasteiger partial charge in [0.15, 0.2) is 5.02 Å². The highest BCUT2D eigenvalue weighted by Crippen LogP contribution is 2.22. The third-order valence-corrected chi connectivity index (χ3v) is 3.10. The number of hydrazine groups is 1. The van der Waals surface area contributed by atoms with Crippen molar-refractivity contribution in [2.75, 3.05) is 0 Å². The quantitative estimate of drug-likeness (QED) is 0.370. The molecule has 0 bridgehead atoms. The first kappa shape index (κ1) is 14.9. The van der Waals surface area contributed by atoms with Crippen molar-refractivity contribution in [1.82, 2.24) is 15.2 Å². The Hall–Kier alpha value is -2.45. The van der Waals surface area contributed by atoms with E-state index in [9.17, 15) is 14.9 Å². The molecule has 0 aliphatic rings. The molecule has 110 valence electrons. The van der Waals surface area contributed by atoms with E-state index in [1.54, 1.807) is 24.3 Å². The lowest BCUT2D eigenvalue weighted by molar-refractivity contribution is -0.389. The molecular formula is C12H12ClN5O3. The number of nitro groups is 1. The second kappa shape index (κ2) is 6.33. The van der Waals surface area contributed by atoms with E-state index in [1.807, 2.05) is 0 Å². The molecule has 0 aliphatic carbocycles. The van der Waals surface area contributed by atoms with Crippen LogP contribution in [0.15, 0.2) is 30.5 Å². The summed E-state index contributed by atoms with van der Waals surface area (Å²) in [4.78, 5) is 21.4. The molecular weight excluding hydrogens is 298 g/mol. The van der Waals surface area contributed by atoms with Gasteiger partial charge < -0.3 is 10.1 Å². The van der Waals surface area contributed by atoms with Crippen LogP contribution in [0.5, 0.6) is 0 Å². The summed E-state index contributed by atoms with van der Waals surface area (Å²) in [6, 6.07) is 7.19. The molecule has 3 N–H and O–H groups in total. The molecule has 0 aliphatic heterocycles. The molecule has 8 nitrogen and oxygen atoms in total. The highest BCUT2D eigenvalue weighted by atomic mass is 35.5. The van der Waals surface area contributed by atoms with Gasteiger partial charge in [0.25, 0.3) is 0 Å². The molecule has 2 rings (SSSR count). The molecule has 2 aromatic rings. The molecule has 0 radical (unpaired) electrons. The first-order valence-electron chi connectivity index (χ1n) is 5.95. The maximum atomic E-state index is 11.4. The monoisotopic (exact) mass is 309 g/mol. The number of aromatic nitrogens is 2. The maximum Gasteiger partial charge on any atom is 0.408 e. The number of carbonyl (C=O) groups excluding carboxylic acids is 1. The molecule has 0 unspecified atom stereocenters. The zero-order chi connectivity index (χ0) is 15.4. The van der Waals surface area contributed by atoms with E-state index in [-0.39, 0.29) is 23.9 Å². The van der Waals surface area contributed by atoms with Gasteiger partial charge in [-0.2, -0.15) is 4.68 Å². The van der Waals surface area contributed by atoms with Gasteiger partial charge in [0.2, 0.25) is 5.91 Å². The molecule has 1 heterocycles. The fraction of sp³-hybridized carbons (Fsp3) is 0.167. The fourth-order valence-corrected chi connectivity index (χ4v) is 2.09. The van der Waals surface area contributed by atoms with Gasteiger partial charge in [0, 0.05) is 0 Å². The van der Waals surface area contributed by atoms with E-state index in [0.29, 0.717) is 0 Å². The second-order valence-corrected chi connectivity index (χ2v) is 4.68. The van der Waals surface area contributed by atoms with Crippen molar-refractivity contribution in [3.05, 3.63) is 56.7 Å². The minimum Gasteiger partial charge on any atom is -0.358 e. The van der Waals surface area contributed by atoms with Crippen molar-refractivity contribution in [1.29, 1.82) is 0 Å². The normalized spacial score (nSPS) is 10.4. The molecule has 9 heteroatoms. The topological polar surface area (TPSA) is 116 Å². The molecule has 21 heavy (non-hydrogen) atoms. The van der Waals surface area contributed by atoms with Crippen molar-refractivity contribution < 1.29 is 9.72 Å². The van der Waals surface area contributed by atoms with E-state index < -0.39 is 10.7 Å². The van der Waals surface area contributed by atoms with Crippen molar-refractivity contribution >= 4 is 23.3 Å². The van der Waals surface area contributed by atoms with Crippen LogP contribution in [0.25, 0.3) is 0 Å². The first-order chi connectivity index (χ1) is 10.0. The highest BCUT2D eigenvalue weighted by Gasteiger charge is 2.19. The van der Waals surface area contributed by atoms with Crippen molar-refractivity contribution in [3.8, 4) is 0 Å². The number of amides is 1. The largest absolute Gasteiger partial charge is 0.408 e. The number of hydrogen-bond donors (Lipinski definition) is 2. The summed E-state index contributed by atoms with van der Waals surface area (Å²) >= 11 is 5.75. The molecule has 1 aromatic carbocycles. The number of nitrogens with one attached hydrogen (secondary N) is 1. The summed E-state index contributed by atoms with van der Waals surface area (Å²) < 4.78 is 1.36. The lowest BCUT2D eigenvalue weighted by atomic mass is 10.0. The minimum absolute atomic E-state index is 0.0304. The lowest BCUT2D eigenvalue weighted by Crippen LogP contribution is -2.31. The van der Waals surface area contributed by atoms with Gasteiger partial charge in [-0.25, -0.2) is 5.84 Å². The Kier molecular flexibility index (Phi) is 4.51. The van der Waals surface area contributed by atoms with E-state index in [1.165, 1.54) is 10.9 Å². The second-order valence-electron chi connectivity index (χ2n) is 4.27. The molecule has 0 saturated carbocycles. The third kappa shape index (κ3) is 3.56. The van der Waals surface area contributed by atoms with Crippen LogP contribution in [0, 0.1) is 10.1 Å². The molecule has 1 amide bonds. The predicted molar refractivity (Wildman–Crippen MR) is 75.5 cm³/mol. The predicted octanol–water partition coefficient (Wildman–Crippen LogP) is 1.03. The van der Waals surface area contributed by atoms with Gasteiger partial charge >= 0.3 is 5.82 Å². The lowest BCUT2D eigenvalue weighted by Gasteiger charge is -2.07. The number of hydrogen-bond acceptors (Lipinski definition) is 5. The standard InChI is InChI=1S/C12H12ClN5O3/c13-10-7-17(16-12(10)18(20)21)6-9-4-2-1-3-8(9)5-11(19)15-14/h1-4,7H,5-6,14H2,(H,15,19). The molecule has 0 atom stereocenters. The number of carbonyl (C=O) groups is 1. The van der Waals surface area contributed by atoms with Crippen LogP contribution in [0.3, 0.4) is 0 Å². The Morgan fingerprint density at radius 3 is 2.67 bits per heavy atom. The van der Waals surface area contributed by atoms with E-state index in [0.717, 1.165) is 11.1 Å². The average Bonchev–Trinajstić information content (AvgIpc) is 2.82. The fourth-order valence-electron chi connectivity index (χ4n) is 1.87. The van der Waals surface area contributed by atoms with Crippen LogP contribution in [-0.2, 0) is 17.8 Å². The third-order valence-electron chi connectivity index (χ3n) is 2.83. The average molecular weight is 310 g/mol. The summed E-state index contributed by atoms with van der Waals surface area (Å²) in [5, 5.41) is 14.5. The van der Waals surface area contributed by atoms with Crippen molar-refractivity contribution in [2.45, 2.75) is 13.0 Å². The molecule has 0 fully saturated rings. The van der Waals surface area contributed by atoms with Crippen LogP contribution < -0.4 is 11.3 Å². The zero-order valence-electron chi connectivity index (χ0n) is 10.8. The molecule has 0 spiro atoms. The Labute approximate surface area is 124 Å². The Balaban J connectivity index is 2.25. The number of nitrogens with zero attached hydrogens (tertiary/aromatic N) is 3. The van der Waals surface area contributed by atoms with E-state index >= 15 is 0 Å². The SMILES string of the molecule is NNC(=O)Cc1ccccc1Cn1cc(Cl)c([N+](=O)[O-])n1. The van der Waals surface area contributed by atoms with Gasteiger partial charge in [-0.1, -0.05) is 35.9 Å². The van der Waals surface area contributed by atoms with Gasteiger partial charge in [-0.3, -0.25) is 10.2 Å². The van der Waals surface area contributed by atoms with Gasteiger partial charge in [0.1, 0.15) is 0 Å². The van der Waals surface area contributed by atoms with Gasteiger partial charge in [-0.15, -0.1) is 0 Å². The van der Waals surface area contributed by atoms with Crippen LogP contribution in [0.4, 0.5) is 5.82 Å². The van der Waals surface area contributed by atoms with Crippen molar-refractivity contribution in [3.63, 3.8) is 0 Å². The first-order valence-corrected chi connectivity index (χ1v) is 6.32. The smallest absolute Gasteiger partial charge is 0.358 e. The minimum atomic E-state index is -0.646. The van der Waals surface area contributed by atoms with E-state index in [4.69, 9.17) is 17.4 Å². The van der Waals surface area contributed by atoms with Crippen LogP contribution in [0.1, 0.15) is 11.1 Å². The Bertz CT molecular complexity index is 685. The highest BCUT2D eigenvalue weighted by molar-refractivity contribution is 6.32. The van der Waals surface area contributed by atoms with Crippen LogP contribution in [0.2, 0.25) is 5.02 Å². The van der Waals surface area contributed by atoms with Crippen LogP contribution in [-0.4, -0.2) is 20.6 Å². The van der Waals surface area contributed by atoms with E-state index in [2.05, 4.69) is 10.5 Å². The van der Waals surface area contributed by atoms with Gasteiger partial charge in [0.05, 0.1) is 24.3 Å². The van der Waals surface area contributed by atoms with Crippen molar-refractivity contribution in [2.24, 2.45) is 5.84 Å². The maximum absolute atomic E-state index is 11.4. The number of nitrogens with two attached hydrogens (primary N) is 1. The molecule has 0 saturated heterocycles. The number of benzene rings is 1. The van der Waals surface area contributed by atoms with Gasteiger partial charge in [-0.05, 0) is 16.1 Å². The summed E-state index contributed by atoms with van der Waals surface area (Å²) in [5.74, 6) is 4.35. The number of halogens is 1. The summed E-state index contributed by atoms with van der Waals surface area (Å²) in [7, 11) is 0. The Morgan fingerprint density at radius 2 is 2.10 bits per heavy atom. The summed E-state index contributed by atoms with van der Waals surface area (Å²) in [6.45, 7) is 0.265. The van der Waals surface area contributed by atoms with Crippen LogP contribution >= 0.6 is 11.6 Å². The zero-order valence-corrected chi connectivity index (χ0v) is 11.6. The summed E-state index contributed by atoms with van der Waals surface area (Å²) in [6.07, 6.45) is 1.49. The molecule has 1 aromatic heterocycles. The Morgan fingerprint density at radius 1 is 1.43 bits per heavy atom.